The first-order valence-electron chi connectivity index (χ1n) is 9.13. The van der Waals surface area contributed by atoms with E-state index in [1.165, 1.54) is 32.1 Å². The Balaban J connectivity index is 1.34. The average molecular weight is 305 g/mol. The fraction of sp³-hybridized carbons (Fsp3) is 0.889. The molecule has 5 aliphatic rings. The van der Waals surface area contributed by atoms with Crippen molar-refractivity contribution in [3.63, 3.8) is 0 Å². The van der Waals surface area contributed by atoms with Gasteiger partial charge in [-0.15, -0.1) is 0 Å². The second-order valence-corrected chi connectivity index (χ2v) is 8.35. The van der Waals surface area contributed by atoms with Crippen molar-refractivity contribution in [3.8, 4) is 0 Å². The largest absolute Gasteiger partial charge is 0.481 e. The van der Waals surface area contributed by atoms with Gasteiger partial charge in [0.2, 0.25) is 5.91 Å². The Morgan fingerprint density at radius 3 is 1.77 bits per heavy atom. The smallest absolute Gasteiger partial charge is 0.306 e. The third-order valence-corrected chi connectivity index (χ3v) is 6.98. The van der Waals surface area contributed by atoms with Crippen LogP contribution in [0.25, 0.3) is 0 Å². The number of hydrogen-bond acceptors (Lipinski definition) is 2. The molecule has 5 aliphatic carbocycles. The molecule has 2 N–H and O–H groups in total. The van der Waals surface area contributed by atoms with E-state index < -0.39 is 5.97 Å². The molecule has 0 saturated heterocycles. The number of nitrogens with one attached hydrogen (secondary N) is 1. The van der Waals surface area contributed by atoms with Crippen LogP contribution in [0.2, 0.25) is 0 Å². The zero-order valence-corrected chi connectivity index (χ0v) is 13.2. The lowest BCUT2D eigenvalue weighted by Crippen LogP contribution is -2.56. The summed E-state index contributed by atoms with van der Waals surface area (Å²) >= 11 is 0. The van der Waals surface area contributed by atoms with Crippen LogP contribution in [-0.4, -0.2) is 23.0 Å². The van der Waals surface area contributed by atoms with Crippen LogP contribution in [0.15, 0.2) is 0 Å². The molecule has 5 saturated carbocycles. The second-order valence-electron chi connectivity index (χ2n) is 8.35. The molecule has 0 aromatic heterocycles. The molecule has 122 valence electrons. The van der Waals surface area contributed by atoms with E-state index in [2.05, 4.69) is 5.32 Å². The minimum Gasteiger partial charge on any atom is -0.481 e. The Bertz CT molecular complexity index is 439. The number of carboxylic acids is 1. The van der Waals surface area contributed by atoms with E-state index in [1.807, 2.05) is 0 Å². The predicted octanol–water partition coefficient (Wildman–Crippen LogP) is 2.82. The van der Waals surface area contributed by atoms with Gasteiger partial charge in [-0.1, -0.05) is 0 Å². The van der Waals surface area contributed by atoms with Crippen LogP contribution in [-0.2, 0) is 9.59 Å². The van der Waals surface area contributed by atoms with Gasteiger partial charge in [-0.25, -0.2) is 0 Å². The molecule has 0 unspecified atom stereocenters. The highest BCUT2D eigenvalue weighted by molar-refractivity contribution is 5.79. The maximum atomic E-state index is 12.6. The summed E-state index contributed by atoms with van der Waals surface area (Å²) in [6.45, 7) is 0. The number of carbonyl (C=O) groups is 2. The Morgan fingerprint density at radius 2 is 1.27 bits per heavy atom. The van der Waals surface area contributed by atoms with E-state index in [-0.39, 0.29) is 17.7 Å². The molecular formula is C18H27NO3. The third-order valence-electron chi connectivity index (χ3n) is 6.98. The molecule has 4 bridgehead atoms. The lowest BCUT2D eigenvalue weighted by molar-refractivity contribution is -0.144. The summed E-state index contributed by atoms with van der Waals surface area (Å²) < 4.78 is 0. The highest BCUT2D eigenvalue weighted by Gasteiger charge is 2.49. The fourth-order valence-corrected chi connectivity index (χ4v) is 6.05. The Labute approximate surface area is 132 Å². The van der Waals surface area contributed by atoms with Crippen molar-refractivity contribution in [2.75, 3.05) is 0 Å². The van der Waals surface area contributed by atoms with Gasteiger partial charge in [0.1, 0.15) is 0 Å². The molecule has 22 heavy (non-hydrogen) atoms. The van der Waals surface area contributed by atoms with Gasteiger partial charge in [-0.2, -0.15) is 0 Å². The summed E-state index contributed by atoms with van der Waals surface area (Å²) in [5.74, 6) is 2.63. The summed E-state index contributed by atoms with van der Waals surface area (Å²) in [6.07, 6.45) is 9.55. The van der Waals surface area contributed by atoms with Crippen molar-refractivity contribution in [2.24, 2.45) is 35.5 Å². The molecule has 0 aromatic carbocycles. The van der Waals surface area contributed by atoms with Gasteiger partial charge in [-0.3, -0.25) is 9.59 Å². The van der Waals surface area contributed by atoms with Crippen molar-refractivity contribution in [2.45, 2.75) is 63.8 Å². The van der Waals surface area contributed by atoms with Crippen LogP contribution < -0.4 is 5.32 Å². The number of aliphatic carboxylic acids is 1. The maximum Gasteiger partial charge on any atom is 0.306 e. The molecule has 0 aliphatic heterocycles. The first kappa shape index (κ1) is 14.5. The normalized spacial score (nSPS) is 46.5. The minimum absolute atomic E-state index is 0.0489. The third kappa shape index (κ3) is 2.55. The topological polar surface area (TPSA) is 66.4 Å². The predicted molar refractivity (Wildman–Crippen MR) is 82.1 cm³/mol. The van der Waals surface area contributed by atoms with E-state index in [4.69, 9.17) is 5.11 Å². The van der Waals surface area contributed by atoms with E-state index in [1.54, 1.807) is 0 Å². The SMILES string of the molecule is O=C(O)C1CCC(C(=O)NC2C3CC4CC(C3)CC2C4)CC1. The molecule has 0 aromatic rings. The van der Waals surface area contributed by atoms with Crippen LogP contribution in [0.4, 0.5) is 0 Å². The first-order valence-corrected chi connectivity index (χ1v) is 9.13. The van der Waals surface area contributed by atoms with Gasteiger partial charge in [0, 0.05) is 12.0 Å². The van der Waals surface area contributed by atoms with Gasteiger partial charge < -0.3 is 10.4 Å². The van der Waals surface area contributed by atoms with E-state index in [9.17, 15) is 9.59 Å². The lowest BCUT2D eigenvalue weighted by Gasteiger charge is -2.54. The molecule has 1 amide bonds. The zero-order valence-electron chi connectivity index (χ0n) is 13.2. The number of rotatable bonds is 3. The Kier molecular flexibility index (Phi) is 3.66. The van der Waals surface area contributed by atoms with Gasteiger partial charge >= 0.3 is 5.97 Å². The van der Waals surface area contributed by atoms with Crippen LogP contribution in [0.1, 0.15) is 57.8 Å². The minimum atomic E-state index is -0.695. The zero-order chi connectivity index (χ0) is 15.3. The standard InChI is InChI=1S/C18H27NO3/c20-17(12-1-3-13(4-2-12)18(21)22)19-16-14-6-10-5-11(8-14)9-15(16)7-10/h10-16H,1-9H2,(H,19,20)(H,21,22). The summed E-state index contributed by atoms with van der Waals surface area (Å²) in [5.41, 5.74) is 0. The van der Waals surface area contributed by atoms with Crippen molar-refractivity contribution in [1.82, 2.24) is 5.32 Å². The average Bonchev–Trinajstić information content (AvgIpc) is 2.50. The summed E-state index contributed by atoms with van der Waals surface area (Å²) in [6, 6.07) is 0.414. The fourth-order valence-electron chi connectivity index (χ4n) is 6.05. The second kappa shape index (κ2) is 5.54. The molecule has 5 rings (SSSR count). The maximum absolute atomic E-state index is 12.6. The van der Waals surface area contributed by atoms with E-state index in [0.29, 0.717) is 18.9 Å². The highest BCUT2D eigenvalue weighted by atomic mass is 16.4. The molecule has 0 spiro atoms. The van der Waals surface area contributed by atoms with Gasteiger partial charge in [-0.05, 0) is 81.5 Å². The van der Waals surface area contributed by atoms with Gasteiger partial charge in [0.05, 0.1) is 5.92 Å². The van der Waals surface area contributed by atoms with Crippen molar-refractivity contribution in [3.05, 3.63) is 0 Å². The summed E-state index contributed by atoms with van der Waals surface area (Å²) in [5, 5.41) is 12.5. The van der Waals surface area contributed by atoms with E-state index in [0.717, 1.165) is 36.5 Å². The number of carboxylic acid groups (broad SMARTS) is 1. The number of carbonyl (C=O) groups excluding carboxylic acids is 1. The van der Waals surface area contributed by atoms with Gasteiger partial charge in [0.25, 0.3) is 0 Å². The molecule has 0 atom stereocenters. The highest BCUT2D eigenvalue weighted by Crippen LogP contribution is 2.53. The molecule has 0 radical (unpaired) electrons. The van der Waals surface area contributed by atoms with Crippen molar-refractivity contribution in [1.29, 1.82) is 0 Å². The Morgan fingerprint density at radius 1 is 0.773 bits per heavy atom. The lowest BCUT2D eigenvalue weighted by atomic mass is 9.54. The summed E-state index contributed by atoms with van der Waals surface area (Å²) in [4.78, 5) is 23.6. The molecule has 5 fully saturated rings. The van der Waals surface area contributed by atoms with Crippen molar-refractivity contribution < 1.29 is 14.7 Å². The number of amides is 1. The van der Waals surface area contributed by atoms with Crippen LogP contribution in [0, 0.1) is 35.5 Å². The quantitative estimate of drug-likeness (QED) is 0.842. The molecular weight excluding hydrogens is 278 g/mol. The van der Waals surface area contributed by atoms with Crippen molar-refractivity contribution >= 4 is 11.9 Å². The summed E-state index contributed by atoms with van der Waals surface area (Å²) in [7, 11) is 0. The van der Waals surface area contributed by atoms with Crippen LogP contribution in [0.3, 0.4) is 0 Å². The van der Waals surface area contributed by atoms with Crippen LogP contribution >= 0.6 is 0 Å². The molecule has 4 heteroatoms. The molecule has 4 nitrogen and oxygen atoms in total. The first-order chi connectivity index (χ1) is 10.6. The van der Waals surface area contributed by atoms with E-state index >= 15 is 0 Å². The monoisotopic (exact) mass is 305 g/mol. The Hall–Kier alpha value is -1.06. The number of hydrogen-bond donors (Lipinski definition) is 2. The molecule has 0 heterocycles. The van der Waals surface area contributed by atoms with Gasteiger partial charge in [0.15, 0.2) is 0 Å². The van der Waals surface area contributed by atoms with Crippen LogP contribution in [0.5, 0.6) is 0 Å².